The lowest BCUT2D eigenvalue weighted by molar-refractivity contribution is 0.101. The van der Waals surface area contributed by atoms with E-state index >= 15 is 0 Å². The second-order valence-electron chi connectivity index (χ2n) is 3.74. The molecule has 1 aromatic carbocycles. The zero-order valence-electron chi connectivity index (χ0n) is 9.95. The Morgan fingerprint density at radius 3 is 2.89 bits per heavy atom. The van der Waals surface area contributed by atoms with Gasteiger partial charge in [-0.05, 0) is 41.1 Å². The number of aryl methyl sites for hydroxylation is 1. The van der Waals surface area contributed by atoms with Gasteiger partial charge in [-0.1, -0.05) is 23.2 Å². The Kier molecular flexibility index (Phi) is 4.50. The number of rotatable bonds is 3. The molecule has 0 saturated heterocycles. The van der Waals surface area contributed by atoms with Crippen LogP contribution in [-0.2, 0) is 6.54 Å². The molecule has 1 aromatic heterocycles. The number of amides is 1. The maximum Gasteiger partial charge on any atom is 0.275 e. The summed E-state index contributed by atoms with van der Waals surface area (Å²) in [6, 6.07) is 4.89. The summed E-state index contributed by atoms with van der Waals surface area (Å²) < 4.78 is 2.22. The van der Waals surface area contributed by atoms with E-state index in [2.05, 4.69) is 26.3 Å². The lowest BCUT2D eigenvalue weighted by atomic mass is 10.3. The predicted octanol–water partition coefficient (Wildman–Crippen LogP) is 4.22. The smallest absolute Gasteiger partial charge is 0.275 e. The second kappa shape index (κ2) is 5.94. The van der Waals surface area contributed by atoms with Gasteiger partial charge in [0.1, 0.15) is 5.69 Å². The largest absolute Gasteiger partial charge is 0.319 e. The third kappa shape index (κ3) is 3.11. The molecule has 7 heteroatoms. The Hall–Kier alpha value is -1.04. The van der Waals surface area contributed by atoms with Gasteiger partial charge in [0.25, 0.3) is 5.91 Å². The number of nitrogens with zero attached hydrogens (tertiary/aromatic N) is 2. The van der Waals surface area contributed by atoms with E-state index < -0.39 is 0 Å². The van der Waals surface area contributed by atoms with Crippen LogP contribution in [0.5, 0.6) is 0 Å². The Morgan fingerprint density at radius 2 is 2.21 bits per heavy atom. The summed E-state index contributed by atoms with van der Waals surface area (Å²) in [6.45, 7) is 2.50. The summed E-state index contributed by atoms with van der Waals surface area (Å²) >= 11 is 15.2. The number of carbonyl (C=O) groups is 1. The van der Waals surface area contributed by atoms with Gasteiger partial charge in [-0.15, -0.1) is 0 Å². The van der Waals surface area contributed by atoms with Crippen molar-refractivity contribution < 1.29 is 4.79 Å². The Labute approximate surface area is 128 Å². The Bertz CT molecular complexity index is 627. The first-order chi connectivity index (χ1) is 9.02. The average Bonchev–Trinajstić information content (AvgIpc) is 2.75. The van der Waals surface area contributed by atoms with E-state index in [0.717, 1.165) is 0 Å². The van der Waals surface area contributed by atoms with E-state index in [9.17, 15) is 4.79 Å². The first-order valence-corrected chi connectivity index (χ1v) is 7.05. The van der Waals surface area contributed by atoms with Gasteiger partial charge < -0.3 is 5.32 Å². The van der Waals surface area contributed by atoms with E-state index in [1.807, 2.05) is 6.92 Å². The van der Waals surface area contributed by atoms with Crippen molar-refractivity contribution in [2.75, 3.05) is 5.32 Å². The molecular formula is C12H10BrCl2N3O. The van der Waals surface area contributed by atoms with Gasteiger partial charge in [0, 0.05) is 11.6 Å². The molecule has 2 rings (SSSR count). The first-order valence-electron chi connectivity index (χ1n) is 5.50. The second-order valence-corrected chi connectivity index (χ2v) is 5.43. The van der Waals surface area contributed by atoms with Gasteiger partial charge >= 0.3 is 0 Å². The van der Waals surface area contributed by atoms with E-state index in [-0.39, 0.29) is 5.91 Å². The number of aromatic nitrogens is 2. The zero-order valence-corrected chi connectivity index (χ0v) is 13.1. The van der Waals surface area contributed by atoms with Gasteiger partial charge in [-0.3, -0.25) is 9.48 Å². The topological polar surface area (TPSA) is 46.9 Å². The van der Waals surface area contributed by atoms with Gasteiger partial charge in [0.15, 0.2) is 0 Å². The molecular weight excluding hydrogens is 353 g/mol. The number of hydrogen-bond donors (Lipinski definition) is 1. The van der Waals surface area contributed by atoms with E-state index in [1.54, 1.807) is 29.1 Å². The molecule has 1 heterocycles. The van der Waals surface area contributed by atoms with Crippen molar-refractivity contribution in [2.24, 2.45) is 0 Å². The number of anilines is 1. The minimum absolute atomic E-state index is 0.296. The van der Waals surface area contributed by atoms with Gasteiger partial charge in [0.2, 0.25) is 0 Å². The predicted molar refractivity (Wildman–Crippen MR) is 80.0 cm³/mol. The molecule has 1 N–H and O–H groups in total. The van der Waals surface area contributed by atoms with Crippen LogP contribution in [-0.4, -0.2) is 15.7 Å². The minimum atomic E-state index is -0.296. The van der Waals surface area contributed by atoms with E-state index in [4.69, 9.17) is 23.2 Å². The summed E-state index contributed by atoms with van der Waals surface area (Å²) in [7, 11) is 0. The zero-order chi connectivity index (χ0) is 14.0. The first kappa shape index (κ1) is 14.4. The molecule has 0 aliphatic carbocycles. The Morgan fingerprint density at radius 1 is 1.47 bits per heavy atom. The molecule has 0 aliphatic heterocycles. The number of hydrogen-bond acceptors (Lipinski definition) is 2. The highest BCUT2D eigenvalue weighted by atomic mass is 79.9. The molecule has 0 spiro atoms. The number of carbonyl (C=O) groups excluding carboxylic acids is 1. The van der Waals surface area contributed by atoms with Crippen LogP contribution in [0.2, 0.25) is 10.0 Å². The molecule has 0 aliphatic rings. The fraction of sp³-hybridized carbons (Fsp3) is 0.167. The molecule has 0 saturated carbocycles. The molecule has 0 radical (unpaired) electrons. The fourth-order valence-corrected chi connectivity index (χ4v) is 2.42. The lowest BCUT2D eigenvalue weighted by Crippen LogP contribution is -2.18. The maximum atomic E-state index is 12.2. The molecule has 1 amide bonds. The SMILES string of the molecule is CCn1ncc(Br)c1C(=O)Nc1cc(Cl)ccc1Cl. The van der Waals surface area contributed by atoms with Crippen LogP contribution in [0, 0.1) is 0 Å². The average molecular weight is 363 g/mol. The third-order valence-corrected chi connectivity index (χ3v) is 3.63. The molecule has 0 fully saturated rings. The monoisotopic (exact) mass is 361 g/mol. The molecule has 100 valence electrons. The van der Waals surface area contributed by atoms with Crippen molar-refractivity contribution in [3.05, 3.63) is 44.6 Å². The van der Waals surface area contributed by atoms with E-state index in [0.29, 0.717) is 32.4 Å². The van der Waals surface area contributed by atoms with Crippen LogP contribution in [0.4, 0.5) is 5.69 Å². The van der Waals surface area contributed by atoms with E-state index in [1.165, 1.54) is 0 Å². The highest BCUT2D eigenvalue weighted by Crippen LogP contribution is 2.26. The quantitative estimate of drug-likeness (QED) is 0.888. The summed E-state index contributed by atoms with van der Waals surface area (Å²) in [5.41, 5.74) is 0.911. The van der Waals surface area contributed by atoms with Crippen LogP contribution in [0.25, 0.3) is 0 Å². The molecule has 0 atom stereocenters. The minimum Gasteiger partial charge on any atom is -0.319 e. The highest BCUT2D eigenvalue weighted by Gasteiger charge is 2.17. The highest BCUT2D eigenvalue weighted by molar-refractivity contribution is 9.10. The van der Waals surface area contributed by atoms with Crippen molar-refractivity contribution in [3.63, 3.8) is 0 Å². The standard InChI is InChI=1S/C12H10BrCl2N3O/c1-2-18-11(8(13)6-16-18)12(19)17-10-5-7(14)3-4-9(10)15/h3-6H,2H2,1H3,(H,17,19). The van der Waals surface area contributed by atoms with Crippen LogP contribution >= 0.6 is 39.1 Å². The van der Waals surface area contributed by atoms with Crippen molar-refractivity contribution in [1.82, 2.24) is 9.78 Å². The molecule has 0 unspecified atom stereocenters. The summed E-state index contributed by atoms with van der Waals surface area (Å²) in [5.74, 6) is -0.296. The number of benzene rings is 1. The number of halogens is 3. The molecule has 2 aromatic rings. The van der Waals surface area contributed by atoms with Crippen molar-refractivity contribution in [1.29, 1.82) is 0 Å². The van der Waals surface area contributed by atoms with Crippen LogP contribution < -0.4 is 5.32 Å². The van der Waals surface area contributed by atoms with Crippen LogP contribution in [0.15, 0.2) is 28.9 Å². The van der Waals surface area contributed by atoms with Gasteiger partial charge in [-0.25, -0.2) is 0 Å². The molecule has 19 heavy (non-hydrogen) atoms. The fourth-order valence-electron chi connectivity index (χ4n) is 1.60. The van der Waals surface area contributed by atoms with Crippen molar-refractivity contribution in [2.45, 2.75) is 13.5 Å². The molecule has 0 bridgehead atoms. The number of nitrogens with one attached hydrogen (secondary N) is 1. The normalized spacial score (nSPS) is 10.5. The summed E-state index contributed by atoms with van der Waals surface area (Å²) in [5, 5.41) is 7.74. The summed E-state index contributed by atoms with van der Waals surface area (Å²) in [4.78, 5) is 12.2. The van der Waals surface area contributed by atoms with Crippen molar-refractivity contribution in [3.8, 4) is 0 Å². The molecule has 4 nitrogen and oxygen atoms in total. The Balaban J connectivity index is 2.30. The van der Waals surface area contributed by atoms with Gasteiger partial charge in [-0.2, -0.15) is 5.10 Å². The van der Waals surface area contributed by atoms with Crippen LogP contribution in [0.3, 0.4) is 0 Å². The maximum absolute atomic E-state index is 12.2. The summed E-state index contributed by atoms with van der Waals surface area (Å²) in [6.07, 6.45) is 1.58. The van der Waals surface area contributed by atoms with Gasteiger partial charge in [0.05, 0.1) is 21.4 Å². The van der Waals surface area contributed by atoms with Crippen molar-refractivity contribution >= 4 is 50.7 Å². The third-order valence-electron chi connectivity index (χ3n) is 2.49. The van der Waals surface area contributed by atoms with Crippen LogP contribution in [0.1, 0.15) is 17.4 Å². The lowest BCUT2D eigenvalue weighted by Gasteiger charge is -2.09.